The Hall–Kier alpha value is -1.57. The van der Waals surface area contributed by atoms with Gasteiger partial charge in [-0.15, -0.1) is 0 Å². The predicted octanol–water partition coefficient (Wildman–Crippen LogP) is 2.21. The Labute approximate surface area is 117 Å². The molecule has 2 rings (SSSR count). The van der Waals surface area contributed by atoms with Gasteiger partial charge in [-0.3, -0.25) is 4.79 Å². The summed E-state index contributed by atoms with van der Waals surface area (Å²) in [5.74, 6) is -1.46. The van der Waals surface area contributed by atoms with Gasteiger partial charge in [0.2, 0.25) is 11.2 Å². The molecule has 0 saturated heterocycles. The monoisotopic (exact) mass is 308 g/mol. The first-order chi connectivity index (χ1) is 9.29. The van der Waals surface area contributed by atoms with E-state index in [-0.39, 0.29) is 5.28 Å². The van der Waals surface area contributed by atoms with E-state index >= 15 is 0 Å². The van der Waals surface area contributed by atoms with Gasteiger partial charge >= 0.3 is 6.18 Å². The van der Waals surface area contributed by atoms with Crippen molar-refractivity contribution >= 4 is 23.3 Å². The maximum Gasteiger partial charge on any atom is 0.421 e. The molecule has 0 spiro atoms. The molecule has 1 heterocycles. The first kappa shape index (κ1) is 14.8. The Kier molecular flexibility index (Phi) is 4.03. The van der Waals surface area contributed by atoms with Crippen molar-refractivity contribution in [3.63, 3.8) is 0 Å². The van der Waals surface area contributed by atoms with E-state index in [2.05, 4.69) is 15.3 Å². The molecular weight excluding hydrogens is 297 g/mol. The van der Waals surface area contributed by atoms with Crippen LogP contribution in [0.5, 0.6) is 0 Å². The Morgan fingerprint density at radius 1 is 1.45 bits per heavy atom. The Morgan fingerprint density at radius 3 is 2.75 bits per heavy atom. The molecule has 9 heteroatoms. The van der Waals surface area contributed by atoms with Gasteiger partial charge in [0, 0.05) is 12.2 Å². The van der Waals surface area contributed by atoms with Gasteiger partial charge in [-0.25, -0.2) is 9.97 Å². The largest absolute Gasteiger partial charge is 0.421 e. The first-order valence-corrected chi connectivity index (χ1v) is 6.32. The van der Waals surface area contributed by atoms with E-state index in [1.54, 1.807) is 0 Å². The smallest absolute Gasteiger partial charge is 0.369 e. The van der Waals surface area contributed by atoms with Crippen molar-refractivity contribution in [1.29, 1.82) is 0 Å². The van der Waals surface area contributed by atoms with Gasteiger partial charge in [-0.1, -0.05) is 6.42 Å². The lowest BCUT2D eigenvalue weighted by Crippen LogP contribution is -2.35. The number of halogens is 4. The number of anilines is 1. The molecular formula is C11H12ClF3N4O. The van der Waals surface area contributed by atoms with E-state index < -0.39 is 35.4 Å². The molecule has 1 aliphatic carbocycles. The Morgan fingerprint density at radius 2 is 2.15 bits per heavy atom. The van der Waals surface area contributed by atoms with Crippen LogP contribution in [0.1, 0.15) is 24.8 Å². The standard InChI is InChI=1S/C11H12ClF3N4O/c12-10-17-4-6(11(13,14)15)9(19-10)18-7-3-1-2-5(7)8(16)20/h4-5,7H,1-3H2,(H2,16,20)(H,17,18,19)/t5-,7-/m0/s1. The number of alkyl halides is 3. The zero-order chi connectivity index (χ0) is 14.9. The number of amides is 1. The zero-order valence-corrected chi connectivity index (χ0v) is 11.0. The van der Waals surface area contributed by atoms with Gasteiger partial charge in [0.25, 0.3) is 0 Å². The van der Waals surface area contributed by atoms with Crippen LogP contribution in [0.25, 0.3) is 0 Å². The van der Waals surface area contributed by atoms with Crippen molar-refractivity contribution in [1.82, 2.24) is 9.97 Å². The molecule has 2 atom stereocenters. The van der Waals surface area contributed by atoms with Gasteiger partial charge in [-0.2, -0.15) is 13.2 Å². The number of hydrogen-bond donors (Lipinski definition) is 2. The van der Waals surface area contributed by atoms with Crippen molar-refractivity contribution in [3.05, 3.63) is 17.0 Å². The highest BCUT2D eigenvalue weighted by atomic mass is 35.5. The van der Waals surface area contributed by atoms with Crippen LogP contribution in [-0.4, -0.2) is 21.9 Å². The summed E-state index contributed by atoms with van der Waals surface area (Å²) >= 11 is 5.53. The van der Waals surface area contributed by atoms with E-state index in [1.165, 1.54) is 0 Å². The van der Waals surface area contributed by atoms with Crippen LogP contribution in [0.4, 0.5) is 19.0 Å². The number of primary amides is 1. The third kappa shape index (κ3) is 3.12. The number of nitrogens with zero attached hydrogens (tertiary/aromatic N) is 2. The summed E-state index contributed by atoms with van der Waals surface area (Å²) in [5, 5.41) is 2.33. The van der Waals surface area contributed by atoms with Crippen LogP contribution in [-0.2, 0) is 11.0 Å². The quantitative estimate of drug-likeness (QED) is 0.839. The molecule has 1 aromatic rings. The number of nitrogens with two attached hydrogens (primary N) is 1. The van der Waals surface area contributed by atoms with Crippen molar-refractivity contribution < 1.29 is 18.0 Å². The second-order valence-electron chi connectivity index (χ2n) is 4.59. The van der Waals surface area contributed by atoms with Crippen molar-refractivity contribution in [3.8, 4) is 0 Å². The summed E-state index contributed by atoms with van der Waals surface area (Å²) in [7, 11) is 0. The number of rotatable bonds is 3. The van der Waals surface area contributed by atoms with Crippen LogP contribution < -0.4 is 11.1 Å². The molecule has 1 saturated carbocycles. The Bertz CT molecular complexity index is 523. The van der Waals surface area contributed by atoms with Crippen molar-refractivity contribution in [2.45, 2.75) is 31.5 Å². The van der Waals surface area contributed by atoms with Gasteiger partial charge in [0.1, 0.15) is 11.4 Å². The molecule has 0 aromatic carbocycles. The predicted molar refractivity (Wildman–Crippen MR) is 66.0 cm³/mol. The lowest BCUT2D eigenvalue weighted by Gasteiger charge is -2.21. The van der Waals surface area contributed by atoms with E-state index in [0.29, 0.717) is 25.5 Å². The fourth-order valence-corrected chi connectivity index (χ4v) is 2.46. The minimum atomic E-state index is -4.60. The minimum absolute atomic E-state index is 0.297. The zero-order valence-electron chi connectivity index (χ0n) is 10.2. The van der Waals surface area contributed by atoms with Crippen molar-refractivity contribution in [2.24, 2.45) is 11.7 Å². The van der Waals surface area contributed by atoms with Gasteiger partial charge in [0.05, 0.1) is 5.92 Å². The number of hydrogen-bond acceptors (Lipinski definition) is 4. The van der Waals surface area contributed by atoms with Crippen LogP contribution in [0.15, 0.2) is 6.20 Å². The number of nitrogens with one attached hydrogen (secondary N) is 1. The van der Waals surface area contributed by atoms with Crippen molar-refractivity contribution in [2.75, 3.05) is 5.32 Å². The lowest BCUT2D eigenvalue weighted by atomic mass is 10.0. The number of carbonyl (C=O) groups is 1. The maximum atomic E-state index is 12.9. The molecule has 1 aliphatic rings. The average molecular weight is 309 g/mol. The molecule has 5 nitrogen and oxygen atoms in total. The molecule has 0 radical (unpaired) electrons. The van der Waals surface area contributed by atoms with E-state index in [1.807, 2.05) is 0 Å². The molecule has 0 bridgehead atoms. The summed E-state index contributed by atoms with van der Waals surface area (Å²) in [6.45, 7) is 0. The van der Waals surface area contributed by atoms with Crippen LogP contribution in [0, 0.1) is 5.92 Å². The topological polar surface area (TPSA) is 80.9 Å². The second-order valence-corrected chi connectivity index (χ2v) is 4.93. The molecule has 110 valence electrons. The van der Waals surface area contributed by atoms with Gasteiger partial charge < -0.3 is 11.1 Å². The van der Waals surface area contributed by atoms with E-state index in [9.17, 15) is 18.0 Å². The molecule has 1 amide bonds. The molecule has 1 aromatic heterocycles. The maximum absolute atomic E-state index is 12.9. The van der Waals surface area contributed by atoms with Crippen LogP contribution in [0.3, 0.4) is 0 Å². The third-order valence-electron chi connectivity index (χ3n) is 3.27. The SMILES string of the molecule is NC(=O)[C@H]1CCC[C@@H]1Nc1nc(Cl)ncc1C(F)(F)F. The van der Waals surface area contributed by atoms with Gasteiger partial charge in [-0.05, 0) is 24.4 Å². The number of carbonyl (C=O) groups excluding carboxylic acids is 1. The number of aromatic nitrogens is 2. The highest BCUT2D eigenvalue weighted by molar-refractivity contribution is 6.28. The third-order valence-corrected chi connectivity index (χ3v) is 3.45. The molecule has 0 aliphatic heterocycles. The average Bonchev–Trinajstić information content (AvgIpc) is 2.75. The highest BCUT2D eigenvalue weighted by Crippen LogP contribution is 2.36. The Balaban J connectivity index is 2.28. The first-order valence-electron chi connectivity index (χ1n) is 5.94. The molecule has 1 fully saturated rings. The fraction of sp³-hybridized carbons (Fsp3) is 0.545. The van der Waals surface area contributed by atoms with Crippen LogP contribution >= 0.6 is 11.6 Å². The van der Waals surface area contributed by atoms with Gasteiger partial charge in [0.15, 0.2) is 0 Å². The normalized spacial score (nSPS) is 22.8. The summed E-state index contributed by atoms with van der Waals surface area (Å²) in [5.41, 5.74) is 4.22. The van der Waals surface area contributed by atoms with E-state index in [4.69, 9.17) is 17.3 Å². The molecule has 20 heavy (non-hydrogen) atoms. The van der Waals surface area contributed by atoms with E-state index in [0.717, 1.165) is 0 Å². The fourth-order valence-electron chi connectivity index (χ4n) is 2.33. The van der Waals surface area contributed by atoms with Crippen LogP contribution in [0.2, 0.25) is 5.28 Å². The summed E-state index contributed by atoms with van der Waals surface area (Å²) < 4.78 is 38.6. The highest BCUT2D eigenvalue weighted by Gasteiger charge is 2.38. The summed E-state index contributed by atoms with van der Waals surface area (Å²) in [6, 6.07) is -0.473. The minimum Gasteiger partial charge on any atom is -0.369 e. The molecule has 3 N–H and O–H groups in total. The lowest BCUT2D eigenvalue weighted by molar-refractivity contribution is -0.137. The second kappa shape index (κ2) is 5.43. The summed E-state index contributed by atoms with van der Waals surface area (Å²) in [4.78, 5) is 18.2. The molecule has 0 unspecified atom stereocenters. The summed E-state index contributed by atoms with van der Waals surface area (Å²) in [6.07, 6.45) is -2.18.